The normalized spacial score (nSPS) is 15.0. The second-order valence-electron chi connectivity index (χ2n) is 5.80. The summed E-state index contributed by atoms with van der Waals surface area (Å²) in [7, 11) is 5.47. The van der Waals surface area contributed by atoms with Crippen LogP contribution in [0.5, 0.6) is 0 Å². The van der Waals surface area contributed by atoms with Gasteiger partial charge >= 0.3 is 12.4 Å². The van der Waals surface area contributed by atoms with E-state index in [1.807, 2.05) is 0 Å². The Hall–Kier alpha value is -2.17. The van der Waals surface area contributed by atoms with E-state index >= 15 is 0 Å². The molecule has 0 bridgehead atoms. The summed E-state index contributed by atoms with van der Waals surface area (Å²) in [6, 6.07) is 2.89. The third-order valence-corrected chi connectivity index (χ3v) is 4.51. The third kappa shape index (κ3) is 3.52. The first-order valence-corrected chi connectivity index (χ1v) is 7.86. The van der Waals surface area contributed by atoms with Gasteiger partial charge in [-0.1, -0.05) is 17.7 Å². The standard InChI is InChI=1S/C15H9BClF6N3O/c16-12-11(15(21,22)23)24-9-6-25(4-5-26(9)12)13(27)7-2-1-3-8(10(7)17)14(18,19)20/h1-3H,4-6H2. The molecule has 0 saturated heterocycles. The molecule has 0 aliphatic carbocycles. The molecule has 0 saturated carbocycles. The van der Waals surface area contributed by atoms with E-state index in [0.717, 1.165) is 27.7 Å². The number of benzene rings is 1. The van der Waals surface area contributed by atoms with Gasteiger partial charge in [-0.25, -0.2) is 4.98 Å². The van der Waals surface area contributed by atoms with Crippen LogP contribution >= 0.6 is 11.6 Å². The van der Waals surface area contributed by atoms with Gasteiger partial charge in [0.1, 0.15) is 13.7 Å². The zero-order chi connectivity index (χ0) is 20.1. The monoisotopic (exact) mass is 407 g/mol. The summed E-state index contributed by atoms with van der Waals surface area (Å²) in [4.78, 5) is 17.1. The highest BCUT2D eigenvalue weighted by molar-refractivity contribution is 6.34. The Morgan fingerprint density at radius 3 is 2.37 bits per heavy atom. The highest BCUT2D eigenvalue weighted by Crippen LogP contribution is 2.37. The molecule has 1 amide bonds. The van der Waals surface area contributed by atoms with Gasteiger partial charge in [-0.2, -0.15) is 26.3 Å². The van der Waals surface area contributed by atoms with Gasteiger partial charge in [0.05, 0.1) is 22.7 Å². The fourth-order valence-corrected chi connectivity index (χ4v) is 3.14. The summed E-state index contributed by atoms with van der Waals surface area (Å²) >= 11 is 5.74. The minimum atomic E-state index is -4.76. The van der Waals surface area contributed by atoms with Crippen LogP contribution in [0.15, 0.2) is 18.2 Å². The highest BCUT2D eigenvalue weighted by atomic mass is 35.5. The van der Waals surface area contributed by atoms with E-state index in [-0.39, 0.29) is 25.5 Å². The van der Waals surface area contributed by atoms with Gasteiger partial charge in [0.15, 0.2) is 5.69 Å². The molecule has 142 valence electrons. The van der Waals surface area contributed by atoms with Crippen LogP contribution in [0.3, 0.4) is 0 Å². The summed E-state index contributed by atoms with van der Waals surface area (Å²) < 4.78 is 78.7. The molecule has 0 unspecified atom stereocenters. The van der Waals surface area contributed by atoms with Crippen molar-refractivity contribution in [2.45, 2.75) is 25.4 Å². The van der Waals surface area contributed by atoms with Crippen molar-refractivity contribution in [3.8, 4) is 0 Å². The van der Waals surface area contributed by atoms with E-state index < -0.39 is 45.7 Å². The van der Waals surface area contributed by atoms with Crippen molar-refractivity contribution in [3.63, 3.8) is 0 Å². The maximum Gasteiger partial charge on any atom is 0.434 e. The van der Waals surface area contributed by atoms with Crippen LogP contribution in [0.25, 0.3) is 0 Å². The number of fused-ring (bicyclic) bond motifs is 1. The van der Waals surface area contributed by atoms with Crippen molar-refractivity contribution in [2.24, 2.45) is 0 Å². The van der Waals surface area contributed by atoms with Gasteiger partial charge < -0.3 is 9.47 Å². The van der Waals surface area contributed by atoms with Gasteiger partial charge in [-0.05, 0) is 17.7 Å². The first kappa shape index (κ1) is 19.6. The molecule has 4 nitrogen and oxygen atoms in total. The van der Waals surface area contributed by atoms with Gasteiger partial charge in [-0.15, -0.1) is 0 Å². The molecule has 2 heterocycles. The average molecular weight is 408 g/mol. The predicted molar refractivity (Wildman–Crippen MR) is 83.8 cm³/mol. The van der Waals surface area contributed by atoms with Gasteiger partial charge in [0.25, 0.3) is 5.91 Å². The smallest absolute Gasteiger partial charge is 0.338 e. The lowest BCUT2D eigenvalue weighted by Crippen LogP contribution is -2.41. The molecule has 27 heavy (non-hydrogen) atoms. The number of aromatic nitrogens is 2. The molecule has 1 aliphatic rings. The van der Waals surface area contributed by atoms with Crippen LogP contribution < -0.4 is 5.59 Å². The number of amides is 1. The lowest BCUT2D eigenvalue weighted by atomic mass is 10.0. The second-order valence-corrected chi connectivity index (χ2v) is 6.18. The third-order valence-electron chi connectivity index (χ3n) is 4.10. The molecule has 1 aliphatic heterocycles. The lowest BCUT2D eigenvalue weighted by molar-refractivity contribution is -0.140. The van der Waals surface area contributed by atoms with E-state index in [1.54, 1.807) is 0 Å². The van der Waals surface area contributed by atoms with Gasteiger partial charge in [-0.3, -0.25) is 4.79 Å². The summed E-state index contributed by atoms with van der Waals surface area (Å²) in [5, 5.41) is -0.764. The minimum Gasteiger partial charge on any atom is -0.338 e. The summed E-state index contributed by atoms with van der Waals surface area (Å²) in [6.07, 6.45) is -9.50. The van der Waals surface area contributed by atoms with Crippen molar-refractivity contribution >= 4 is 30.9 Å². The SMILES string of the molecule is [B]c1c(C(F)(F)F)nc2n1CCN(C(=O)c1cccc(C(F)(F)F)c1Cl)C2. The number of rotatable bonds is 1. The molecular weight excluding hydrogens is 398 g/mol. The Morgan fingerprint density at radius 2 is 1.78 bits per heavy atom. The molecule has 0 fully saturated rings. The van der Waals surface area contributed by atoms with Crippen LogP contribution in [0.1, 0.15) is 27.4 Å². The fraction of sp³-hybridized carbons (Fsp3) is 0.333. The minimum absolute atomic E-state index is 0.0593. The Morgan fingerprint density at radius 1 is 1.11 bits per heavy atom. The zero-order valence-electron chi connectivity index (χ0n) is 13.3. The Kier molecular flexibility index (Phi) is 4.69. The van der Waals surface area contributed by atoms with Crippen LogP contribution in [0.4, 0.5) is 26.3 Å². The average Bonchev–Trinajstić information content (AvgIpc) is 2.90. The Bertz CT molecular complexity index is 908. The van der Waals surface area contributed by atoms with E-state index in [4.69, 9.17) is 19.4 Å². The quantitative estimate of drug-likeness (QED) is 0.538. The van der Waals surface area contributed by atoms with Crippen LogP contribution in [-0.2, 0) is 25.4 Å². The molecule has 12 heteroatoms. The molecule has 2 aromatic rings. The molecule has 0 spiro atoms. The zero-order valence-corrected chi connectivity index (χ0v) is 14.1. The second kappa shape index (κ2) is 6.47. The van der Waals surface area contributed by atoms with Crippen molar-refractivity contribution < 1.29 is 31.1 Å². The number of nitrogens with zero attached hydrogens (tertiary/aromatic N) is 3. The van der Waals surface area contributed by atoms with Gasteiger partial charge in [0.2, 0.25) is 0 Å². The predicted octanol–water partition coefficient (Wildman–Crippen LogP) is 3.02. The number of imidazole rings is 1. The number of hydrogen-bond donors (Lipinski definition) is 0. The molecule has 2 radical (unpaired) electrons. The molecule has 0 atom stereocenters. The molecular formula is C15H9BClF6N3O. The Labute approximate surface area is 155 Å². The maximum absolute atomic E-state index is 12.9. The lowest BCUT2D eigenvalue weighted by Gasteiger charge is -2.29. The number of alkyl halides is 6. The van der Waals surface area contributed by atoms with Crippen molar-refractivity contribution in [2.75, 3.05) is 6.54 Å². The van der Waals surface area contributed by atoms with Crippen molar-refractivity contribution in [3.05, 3.63) is 45.9 Å². The molecule has 0 N–H and O–H groups in total. The number of carbonyl (C=O) groups is 1. The van der Waals surface area contributed by atoms with E-state index in [1.165, 1.54) is 0 Å². The van der Waals surface area contributed by atoms with E-state index in [2.05, 4.69) is 4.98 Å². The maximum atomic E-state index is 12.9. The summed E-state index contributed by atoms with van der Waals surface area (Å²) in [5.74, 6) is -0.949. The highest BCUT2D eigenvalue weighted by Gasteiger charge is 2.39. The Balaban J connectivity index is 1.92. The fourth-order valence-electron chi connectivity index (χ4n) is 2.82. The number of hydrogen-bond acceptors (Lipinski definition) is 2. The number of carbonyl (C=O) groups excluding carboxylic acids is 1. The van der Waals surface area contributed by atoms with Crippen molar-refractivity contribution in [1.29, 1.82) is 0 Å². The largest absolute Gasteiger partial charge is 0.434 e. The molecule has 1 aromatic heterocycles. The first-order valence-electron chi connectivity index (χ1n) is 7.48. The summed E-state index contributed by atoms with van der Waals surface area (Å²) in [5.41, 5.74) is -3.39. The molecule has 3 rings (SSSR count). The van der Waals surface area contributed by atoms with E-state index in [0.29, 0.717) is 0 Å². The number of halogens is 7. The summed E-state index contributed by atoms with van der Waals surface area (Å²) in [6.45, 7) is -0.478. The topological polar surface area (TPSA) is 38.1 Å². The molecule has 1 aromatic carbocycles. The van der Waals surface area contributed by atoms with Gasteiger partial charge in [0, 0.05) is 13.1 Å². The van der Waals surface area contributed by atoms with E-state index in [9.17, 15) is 31.1 Å². The van der Waals surface area contributed by atoms with Crippen LogP contribution in [0.2, 0.25) is 5.02 Å². The van der Waals surface area contributed by atoms with Crippen molar-refractivity contribution in [1.82, 2.24) is 14.5 Å². The first-order chi connectivity index (χ1) is 12.4. The van der Waals surface area contributed by atoms with Crippen LogP contribution in [-0.4, -0.2) is 34.7 Å². The van der Waals surface area contributed by atoms with Crippen LogP contribution in [0, 0.1) is 0 Å².